The van der Waals surface area contributed by atoms with E-state index in [1.54, 1.807) is 33.5 Å². The van der Waals surface area contributed by atoms with Gasteiger partial charge in [-0.05, 0) is 80.3 Å². The average molecular weight is 625 g/mol. The summed E-state index contributed by atoms with van der Waals surface area (Å²) < 4.78 is 35.5. The molecule has 1 amide bonds. The van der Waals surface area contributed by atoms with Crippen molar-refractivity contribution in [3.8, 4) is 16.9 Å². The number of rotatable bonds is 9. The monoisotopic (exact) mass is 624 g/mol. The lowest BCUT2D eigenvalue weighted by molar-refractivity contribution is 0.0822. The summed E-state index contributed by atoms with van der Waals surface area (Å²) in [5, 5.41) is 3.64. The van der Waals surface area contributed by atoms with Crippen LogP contribution in [0.5, 0.6) is 5.75 Å². The van der Waals surface area contributed by atoms with Crippen LogP contribution in [0.3, 0.4) is 0 Å². The molecule has 0 atom stereocenters. The molecular formula is C33H35ClF2N4O2S. The highest BCUT2D eigenvalue weighted by Crippen LogP contribution is 2.44. The molecule has 1 N–H and O–H groups in total. The van der Waals surface area contributed by atoms with E-state index in [1.807, 2.05) is 31.3 Å². The lowest BCUT2D eigenvalue weighted by Gasteiger charge is -2.39. The smallest absolute Gasteiger partial charge is 0.271 e. The summed E-state index contributed by atoms with van der Waals surface area (Å²) in [4.78, 5) is 21.1. The summed E-state index contributed by atoms with van der Waals surface area (Å²) in [5.74, 6) is -0.550. The number of halogens is 3. The molecule has 10 heteroatoms. The van der Waals surface area contributed by atoms with Gasteiger partial charge in [0.15, 0.2) is 0 Å². The van der Waals surface area contributed by atoms with Gasteiger partial charge >= 0.3 is 0 Å². The summed E-state index contributed by atoms with van der Waals surface area (Å²) in [7, 11) is 7.00. The van der Waals surface area contributed by atoms with Gasteiger partial charge in [0.25, 0.3) is 5.91 Å². The Hall–Kier alpha value is -3.53. The van der Waals surface area contributed by atoms with Gasteiger partial charge in [0.2, 0.25) is 0 Å². The van der Waals surface area contributed by atoms with Gasteiger partial charge in [0.05, 0.1) is 27.1 Å². The second-order valence-corrected chi connectivity index (χ2v) is 12.4. The van der Waals surface area contributed by atoms with E-state index in [0.29, 0.717) is 34.6 Å². The van der Waals surface area contributed by atoms with E-state index >= 15 is 0 Å². The number of methoxy groups -OCH3 is 1. The van der Waals surface area contributed by atoms with E-state index in [2.05, 4.69) is 21.8 Å². The van der Waals surface area contributed by atoms with Crippen LogP contribution in [0.15, 0.2) is 55.2 Å². The molecule has 0 radical (unpaired) electrons. The van der Waals surface area contributed by atoms with Crippen LogP contribution in [0.4, 0.5) is 8.78 Å². The zero-order valence-corrected chi connectivity index (χ0v) is 26.3. The minimum atomic E-state index is -0.559. The first kappa shape index (κ1) is 30.9. The summed E-state index contributed by atoms with van der Waals surface area (Å²) in [6.07, 6.45) is 5.44. The van der Waals surface area contributed by atoms with Gasteiger partial charge in [-0.15, -0.1) is 11.3 Å². The Morgan fingerprint density at radius 3 is 2.44 bits per heavy atom. The number of carbonyl (C=O) groups excluding carboxylic acids is 1. The SMILES string of the molecule is C=C(c1sc2c(F)ccc(F)c2c1Cl)N(Cc1cc(-c2ccnc(C(=O)N(C)C)c2)ccc1OC)C1CCC(NC)CC1. The van der Waals surface area contributed by atoms with E-state index in [9.17, 15) is 13.6 Å². The fourth-order valence-corrected chi connectivity index (χ4v) is 7.32. The zero-order chi connectivity index (χ0) is 30.8. The minimum absolute atomic E-state index is 0.0852. The standard InChI is InChI=1S/C33H35ClF2N4O2S/c1-19(31-30(34)29-25(35)11-12-26(36)32(29)43-31)40(24-9-7-23(37-2)8-10-24)18-22-16-20(6-13-28(22)42-5)21-14-15-38-27(17-21)33(41)39(3)4/h6,11-17,23-24,37H,1,7-10,18H2,2-5H3. The molecule has 43 heavy (non-hydrogen) atoms. The van der Waals surface area contributed by atoms with Crippen molar-refractivity contribution in [2.24, 2.45) is 0 Å². The number of benzene rings is 2. The highest BCUT2D eigenvalue weighted by Gasteiger charge is 2.30. The summed E-state index contributed by atoms with van der Waals surface area (Å²) in [6, 6.07) is 12.4. The molecule has 0 aliphatic heterocycles. The predicted molar refractivity (Wildman–Crippen MR) is 171 cm³/mol. The predicted octanol–water partition coefficient (Wildman–Crippen LogP) is 7.61. The van der Waals surface area contributed by atoms with Crippen LogP contribution in [0.2, 0.25) is 5.02 Å². The number of amides is 1. The Morgan fingerprint density at radius 2 is 1.79 bits per heavy atom. The van der Waals surface area contributed by atoms with Crippen LogP contribution in [0.1, 0.15) is 46.6 Å². The van der Waals surface area contributed by atoms with Gasteiger partial charge in [0.1, 0.15) is 23.1 Å². The van der Waals surface area contributed by atoms with Gasteiger partial charge in [-0.3, -0.25) is 9.78 Å². The van der Waals surface area contributed by atoms with Gasteiger partial charge in [-0.1, -0.05) is 24.2 Å². The molecule has 4 aromatic rings. The molecule has 0 saturated heterocycles. The maximum absolute atomic E-state index is 14.8. The number of thiophene rings is 1. The fraction of sp³-hybridized carbons (Fsp3) is 0.333. The van der Waals surface area contributed by atoms with E-state index in [4.69, 9.17) is 16.3 Å². The van der Waals surface area contributed by atoms with Gasteiger partial charge < -0.3 is 19.9 Å². The third-order valence-electron chi connectivity index (χ3n) is 8.18. The fourth-order valence-electron chi connectivity index (χ4n) is 5.76. The molecule has 5 rings (SSSR count). The maximum Gasteiger partial charge on any atom is 0.271 e. The number of hydrogen-bond acceptors (Lipinski definition) is 6. The molecule has 1 fully saturated rings. The first-order valence-corrected chi connectivity index (χ1v) is 15.4. The average Bonchev–Trinajstić information content (AvgIpc) is 3.39. The van der Waals surface area contributed by atoms with Gasteiger partial charge in [-0.2, -0.15) is 0 Å². The second kappa shape index (κ2) is 13.0. The molecule has 0 unspecified atom stereocenters. The largest absolute Gasteiger partial charge is 0.496 e. The number of nitrogens with zero attached hydrogens (tertiary/aromatic N) is 3. The van der Waals surface area contributed by atoms with Gasteiger partial charge in [-0.25, -0.2) is 8.78 Å². The molecule has 2 aromatic heterocycles. The first-order valence-electron chi connectivity index (χ1n) is 14.2. The molecular weight excluding hydrogens is 590 g/mol. The van der Waals surface area contributed by atoms with E-state index in [1.165, 1.54) is 4.90 Å². The van der Waals surface area contributed by atoms with E-state index in [0.717, 1.165) is 65.8 Å². The summed E-state index contributed by atoms with van der Waals surface area (Å²) in [5.41, 5.74) is 3.63. The number of ether oxygens (including phenoxy) is 1. The topological polar surface area (TPSA) is 57.7 Å². The zero-order valence-electron chi connectivity index (χ0n) is 24.7. The Morgan fingerprint density at radius 1 is 1.09 bits per heavy atom. The van der Waals surface area contributed by atoms with E-state index < -0.39 is 11.6 Å². The normalized spacial score (nSPS) is 16.7. The Kier molecular flexibility index (Phi) is 9.34. The van der Waals surface area contributed by atoms with E-state index in [-0.39, 0.29) is 27.1 Å². The minimum Gasteiger partial charge on any atom is -0.496 e. The number of aromatic nitrogens is 1. The number of pyridine rings is 1. The number of fused-ring (bicyclic) bond motifs is 1. The van der Waals surface area contributed by atoms with Crippen molar-refractivity contribution in [2.45, 2.75) is 44.3 Å². The molecule has 1 aliphatic rings. The van der Waals surface area contributed by atoms with Crippen molar-refractivity contribution in [1.29, 1.82) is 0 Å². The molecule has 6 nitrogen and oxygen atoms in total. The number of hydrogen-bond donors (Lipinski definition) is 1. The lowest BCUT2D eigenvalue weighted by atomic mass is 9.89. The van der Waals surface area contributed by atoms with Crippen LogP contribution < -0.4 is 10.1 Å². The van der Waals surface area contributed by atoms with Crippen LogP contribution in [0, 0.1) is 11.6 Å². The molecule has 226 valence electrons. The molecule has 2 aromatic carbocycles. The molecule has 1 aliphatic carbocycles. The highest BCUT2D eigenvalue weighted by atomic mass is 35.5. The van der Waals surface area contributed by atoms with Crippen molar-refractivity contribution in [3.05, 3.63) is 88.0 Å². The second-order valence-electron chi connectivity index (χ2n) is 11.0. The number of nitrogens with one attached hydrogen (secondary N) is 1. The Labute approximate surface area is 259 Å². The van der Waals surface area contributed by atoms with Crippen LogP contribution in [-0.4, -0.2) is 61.0 Å². The van der Waals surface area contributed by atoms with Crippen LogP contribution >= 0.6 is 22.9 Å². The molecule has 0 spiro atoms. The van der Waals surface area contributed by atoms with Crippen LogP contribution in [0.25, 0.3) is 26.9 Å². The quantitative estimate of drug-likeness (QED) is 0.208. The van der Waals surface area contributed by atoms with Crippen LogP contribution in [-0.2, 0) is 6.54 Å². The molecule has 1 saturated carbocycles. The van der Waals surface area contributed by atoms with Crippen molar-refractivity contribution in [1.82, 2.24) is 20.1 Å². The van der Waals surface area contributed by atoms with Crippen molar-refractivity contribution >= 4 is 44.6 Å². The highest BCUT2D eigenvalue weighted by molar-refractivity contribution is 7.20. The third-order valence-corrected chi connectivity index (χ3v) is 9.91. The third kappa shape index (κ3) is 6.25. The Bertz CT molecular complexity index is 1670. The van der Waals surface area contributed by atoms with Crippen molar-refractivity contribution < 1.29 is 18.3 Å². The van der Waals surface area contributed by atoms with Crippen molar-refractivity contribution in [2.75, 3.05) is 28.3 Å². The number of carbonyl (C=O) groups is 1. The maximum atomic E-state index is 14.8. The summed E-state index contributed by atoms with van der Waals surface area (Å²) >= 11 is 7.85. The van der Waals surface area contributed by atoms with Gasteiger partial charge in [0, 0.05) is 50.2 Å². The van der Waals surface area contributed by atoms with Crippen molar-refractivity contribution in [3.63, 3.8) is 0 Å². The first-order chi connectivity index (χ1) is 20.6. The lowest BCUT2D eigenvalue weighted by Crippen LogP contribution is -2.40. The molecule has 0 bridgehead atoms. The summed E-state index contributed by atoms with van der Waals surface area (Å²) in [6.45, 7) is 4.87. The Balaban J connectivity index is 1.55. The molecule has 2 heterocycles.